The molecule has 1 N–H and O–H groups in total. The molecule has 1 aliphatic heterocycles. The number of hydrogen-bond donors (Lipinski definition) is 1. The third-order valence-electron chi connectivity index (χ3n) is 3.63. The van der Waals surface area contributed by atoms with Crippen LogP contribution in [0, 0.1) is 0 Å². The molecule has 0 saturated carbocycles. The number of hydrogen-bond acceptors (Lipinski definition) is 4. The van der Waals surface area contributed by atoms with Crippen LogP contribution in [0.4, 0.5) is 0 Å². The molecule has 2 aromatic rings. The number of benzene rings is 2. The predicted molar refractivity (Wildman–Crippen MR) is 89.6 cm³/mol. The average molecular weight is 309 g/mol. The first-order valence-corrected chi connectivity index (χ1v) is 7.46. The van der Waals surface area contributed by atoms with Crippen molar-refractivity contribution in [3.8, 4) is 11.5 Å². The normalized spacial score (nSPS) is 16.9. The van der Waals surface area contributed by atoms with Gasteiger partial charge in [-0.15, -0.1) is 0 Å². The van der Waals surface area contributed by atoms with E-state index < -0.39 is 5.72 Å². The fraction of sp³-hybridized carbons (Fsp3) is 0.211. The minimum Gasteiger partial charge on any atom is -0.496 e. The molecule has 4 nitrogen and oxygen atoms in total. The Bertz CT molecular complexity index is 778. The number of carbonyl (C=O) groups is 1. The second-order valence-electron chi connectivity index (χ2n) is 5.86. The van der Waals surface area contributed by atoms with Crippen LogP contribution in [0.15, 0.2) is 54.6 Å². The largest absolute Gasteiger partial charge is 0.496 e. The minimum atomic E-state index is -0.582. The lowest BCUT2D eigenvalue weighted by atomic mass is 10.0. The summed E-state index contributed by atoms with van der Waals surface area (Å²) in [5.74, 6) is 1.21. The van der Waals surface area contributed by atoms with Gasteiger partial charge in [0.2, 0.25) is 0 Å². The molecule has 0 spiro atoms. The quantitative estimate of drug-likeness (QED) is 0.694. The molecule has 0 amide bonds. The number of ether oxygens (including phenoxy) is 2. The van der Waals surface area contributed by atoms with Crippen molar-refractivity contribution in [3.05, 3.63) is 65.7 Å². The molecule has 1 heterocycles. The summed E-state index contributed by atoms with van der Waals surface area (Å²) < 4.78 is 11.2. The molecule has 0 fully saturated rings. The lowest BCUT2D eigenvalue weighted by Crippen LogP contribution is -2.46. The molecule has 118 valence electrons. The molecule has 0 unspecified atom stereocenters. The van der Waals surface area contributed by atoms with Gasteiger partial charge in [0, 0.05) is 11.6 Å². The van der Waals surface area contributed by atoms with Gasteiger partial charge >= 0.3 is 0 Å². The molecular formula is C19H19NO3. The molecule has 23 heavy (non-hydrogen) atoms. The highest BCUT2D eigenvalue weighted by Gasteiger charge is 2.29. The van der Waals surface area contributed by atoms with Crippen LogP contribution < -0.4 is 14.8 Å². The number of rotatable bonds is 3. The van der Waals surface area contributed by atoms with Crippen LogP contribution in [0.25, 0.3) is 5.70 Å². The number of allylic oxidation sites excluding steroid dienone is 1. The highest BCUT2D eigenvalue weighted by molar-refractivity contribution is 6.10. The van der Waals surface area contributed by atoms with Gasteiger partial charge in [-0.05, 0) is 38.1 Å². The first kappa shape index (κ1) is 15.2. The van der Waals surface area contributed by atoms with Crippen molar-refractivity contribution in [2.45, 2.75) is 19.6 Å². The van der Waals surface area contributed by atoms with E-state index in [1.165, 1.54) is 0 Å². The molecule has 1 aliphatic rings. The summed E-state index contributed by atoms with van der Waals surface area (Å²) in [6, 6.07) is 14.9. The monoisotopic (exact) mass is 309 g/mol. The Hall–Kier alpha value is -2.75. The van der Waals surface area contributed by atoms with Crippen LogP contribution in [0.2, 0.25) is 0 Å². The van der Waals surface area contributed by atoms with E-state index in [1.807, 2.05) is 50.2 Å². The summed E-state index contributed by atoms with van der Waals surface area (Å²) in [5, 5.41) is 3.26. The van der Waals surface area contributed by atoms with Crippen molar-refractivity contribution < 1.29 is 14.3 Å². The van der Waals surface area contributed by atoms with E-state index in [4.69, 9.17) is 9.47 Å². The van der Waals surface area contributed by atoms with Gasteiger partial charge in [0.05, 0.1) is 18.4 Å². The summed E-state index contributed by atoms with van der Waals surface area (Å²) >= 11 is 0. The van der Waals surface area contributed by atoms with Crippen molar-refractivity contribution in [3.63, 3.8) is 0 Å². The number of nitrogens with one attached hydrogen (secondary N) is 1. The van der Waals surface area contributed by atoms with Gasteiger partial charge in [-0.2, -0.15) is 0 Å². The van der Waals surface area contributed by atoms with Gasteiger partial charge in [0.1, 0.15) is 11.5 Å². The Labute approximate surface area is 135 Å². The first-order valence-electron chi connectivity index (χ1n) is 7.46. The summed E-state index contributed by atoms with van der Waals surface area (Å²) in [7, 11) is 1.56. The van der Waals surface area contributed by atoms with E-state index in [0.717, 1.165) is 17.0 Å². The molecule has 2 aromatic carbocycles. The predicted octanol–water partition coefficient (Wildman–Crippen LogP) is 3.64. The van der Waals surface area contributed by atoms with Crippen molar-refractivity contribution in [2.24, 2.45) is 0 Å². The molecule has 0 saturated heterocycles. The maximum atomic E-state index is 12.7. The van der Waals surface area contributed by atoms with Gasteiger partial charge in [-0.25, -0.2) is 0 Å². The van der Waals surface area contributed by atoms with E-state index >= 15 is 0 Å². The van der Waals surface area contributed by atoms with E-state index in [1.54, 1.807) is 25.3 Å². The lowest BCUT2D eigenvalue weighted by Gasteiger charge is -2.36. The van der Waals surface area contributed by atoms with Crippen LogP contribution in [0.3, 0.4) is 0 Å². The van der Waals surface area contributed by atoms with Crippen LogP contribution in [0.5, 0.6) is 11.5 Å². The zero-order chi connectivity index (χ0) is 16.4. The average Bonchev–Trinajstić information content (AvgIpc) is 2.53. The third-order valence-corrected chi connectivity index (χ3v) is 3.63. The van der Waals surface area contributed by atoms with Crippen LogP contribution in [0.1, 0.15) is 29.8 Å². The first-order chi connectivity index (χ1) is 11.0. The van der Waals surface area contributed by atoms with E-state index in [9.17, 15) is 4.79 Å². The molecule has 4 heteroatoms. The van der Waals surface area contributed by atoms with E-state index in [2.05, 4.69) is 5.32 Å². The van der Waals surface area contributed by atoms with Crippen LogP contribution >= 0.6 is 0 Å². The van der Waals surface area contributed by atoms with Gasteiger partial charge < -0.3 is 14.8 Å². The molecule has 0 aromatic heterocycles. The summed E-state index contributed by atoms with van der Waals surface area (Å²) in [4.78, 5) is 12.7. The van der Waals surface area contributed by atoms with Crippen molar-refractivity contribution in [1.82, 2.24) is 5.32 Å². The Morgan fingerprint density at radius 1 is 1.13 bits per heavy atom. The molecule has 0 bridgehead atoms. The smallest absolute Gasteiger partial charge is 0.191 e. The number of para-hydroxylation sites is 2. The topological polar surface area (TPSA) is 47.6 Å². The fourth-order valence-electron chi connectivity index (χ4n) is 2.64. The second-order valence-corrected chi connectivity index (χ2v) is 5.86. The van der Waals surface area contributed by atoms with Crippen molar-refractivity contribution >= 4 is 11.5 Å². The van der Waals surface area contributed by atoms with Crippen molar-refractivity contribution in [1.29, 1.82) is 0 Å². The van der Waals surface area contributed by atoms with Gasteiger partial charge in [-0.1, -0.05) is 24.3 Å². The summed E-state index contributed by atoms with van der Waals surface area (Å²) in [6.07, 6.45) is 1.60. The number of carbonyl (C=O) groups excluding carboxylic acids is 1. The van der Waals surface area contributed by atoms with Crippen LogP contribution in [-0.2, 0) is 0 Å². The Kier molecular flexibility index (Phi) is 3.82. The van der Waals surface area contributed by atoms with Gasteiger partial charge in [-0.3, -0.25) is 4.79 Å². The number of methoxy groups -OCH3 is 1. The standard InChI is InChI=1S/C19H19NO3/c1-19(2)20-15(13-8-4-7-11-18(13)23-19)12-16(21)14-9-5-6-10-17(14)22-3/h4-12,20H,1-3H3/b15-12-. The SMILES string of the molecule is COc1ccccc1C(=O)/C=C1\NC(C)(C)Oc2ccccc21. The highest BCUT2D eigenvalue weighted by atomic mass is 16.5. The lowest BCUT2D eigenvalue weighted by molar-refractivity contribution is 0.0816. The number of ketones is 1. The number of fused-ring (bicyclic) bond motifs is 1. The molecular weight excluding hydrogens is 290 g/mol. The third kappa shape index (κ3) is 3.06. The Morgan fingerprint density at radius 2 is 1.83 bits per heavy atom. The summed E-state index contributed by atoms with van der Waals surface area (Å²) in [5.41, 5.74) is 1.57. The zero-order valence-corrected chi connectivity index (χ0v) is 13.4. The van der Waals surface area contributed by atoms with Crippen LogP contribution in [-0.4, -0.2) is 18.6 Å². The van der Waals surface area contributed by atoms with E-state index in [0.29, 0.717) is 11.3 Å². The minimum absolute atomic E-state index is 0.113. The maximum absolute atomic E-state index is 12.7. The Morgan fingerprint density at radius 3 is 2.61 bits per heavy atom. The maximum Gasteiger partial charge on any atom is 0.191 e. The van der Waals surface area contributed by atoms with Gasteiger partial charge in [0.25, 0.3) is 0 Å². The molecule has 0 radical (unpaired) electrons. The zero-order valence-electron chi connectivity index (χ0n) is 13.4. The second kappa shape index (κ2) is 5.80. The van der Waals surface area contributed by atoms with Gasteiger partial charge in [0.15, 0.2) is 11.5 Å². The molecule has 0 aliphatic carbocycles. The highest BCUT2D eigenvalue weighted by Crippen LogP contribution is 2.33. The fourth-order valence-corrected chi connectivity index (χ4v) is 2.64. The Balaban J connectivity index is 2.03. The molecule has 3 rings (SSSR count). The molecule has 0 atom stereocenters. The van der Waals surface area contributed by atoms with E-state index in [-0.39, 0.29) is 5.78 Å². The summed E-state index contributed by atoms with van der Waals surface area (Å²) in [6.45, 7) is 3.84. The van der Waals surface area contributed by atoms with Crippen molar-refractivity contribution in [2.75, 3.05) is 7.11 Å².